The minimum absolute atomic E-state index is 0.428. The van der Waals surface area contributed by atoms with E-state index >= 15 is 0 Å². The van der Waals surface area contributed by atoms with Gasteiger partial charge in [0.05, 0.1) is 11.1 Å². The summed E-state index contributed by atoms with van der Waals surface area (Å²) in [7, 11) is 0. The molecule has 0 aliphatic carbocycles. The first-order valence-electron chi connectivity index (χ1n) is 5.84. The Hall–Kier alpha value is -2.23. The highest BCUT2D eigenvalue weighted by molar-refractivity contribution is 7.99. The lowest BCUT2D eigenvalue weighted by Crippen LogP contribution is -1.88. The van der Waals surface area contributed by atoms with Crippen LogP contribution in [0, 0.1) is 36.5 Å². The van der Waals surface area contributed by atoms with Crippen LogP contribution in [-0.2, 0) is 0 Å². The first-order chi connectivity index (χ1) is 9.15. The minimum atomic E-state index is 0.428. The summed E-state index contributed by atoms with van der Waals surface area (Å²) < 4.78 is 0. The van der Waals surface area contributed by atoms with Gasteiger partial charge in [-0.25, -0.2) is 0 Å². The molecule has 0 amide bonds. The van der Waals surface area contributed by atoms with Gasteiger partial charge in [-0.3, -0.25) is 0 Å². The van der Waals surface area contributed by atoms with Gasteiger partial charge in [0.15, 0.2) is 0 Å². The van der Waals surface area contributed by atoms with E-state index in [0.717, 1.165) is 9.79 Å². The number of aryl methyl sites for hydroxylation is 2. The molecule has 2 aromatic carbocycles. The molecule has 0 aromatic heterocycles. The van der Waals surface area contributed by atoms with E-state index in [1.807, 2.05) is 12.1 Å². The highest BCUT2D eigenvalue weighted by Crippen LogP contribution is 2.33. The maximum atomic E-state index is 9.21. The summed E-state index contributed by atoms with van der Waals surface area (Å²) >= 11 is 1.53. The van der Waals surface area contributed by atoms with Crippen molar-refractivity contribution < 1.29 is 0 Å². The molecule has 2 aromatic rings. The smallest absolute Gasteiger partial charge is 0.102 e. The molecule has 0 unspecified atom stereocenters. The summed E-state index contributed by atoms with van der Waals surface area (Å²) in [6.45, 7) is 4.11. The van der Waals surface area contributed by atoms with E-state index in [4.69, 9.17) is 5.26 Å². The lowest BCUT2D eigenvalue weighted by atomic mass is 10.1. The van der Waals surface area contributed by atoms with Gasteiger partial charge in [-0.15, -0.1) is 0 Å². The second kappa shape index (κ2) is 5.61. The van der Waals surface area contributed by atoms with Crippen LogP contribution < -0.4 is 0 Å². The molecule has 0 saturated carbocycles. The molecule has 0 saturated heterocycles. The molecular weight excluding hydrogens is 252 g/mol. The molecular formula is C16H12N2S. The SMILES string of the molecule is Cc1ccc(Sc2cccc(C#N)c2C#N)c(C)c1. The molecule has 0 radical (unpaired) electrons. The zero-order chi connectivity index (χ0) is 13.8. The first-order valence-corrected chi connectivity index (χ1v) is 6.65. The average Bonchev–Trinajstić information content (AvgIpc) is 2.41. The largest absolute Gasteiger partial charge is 0.192 e. The van der Waals surface area contributed by atoms with Crippen LogP contribution in [0.3, 0.4) is 0 Å². The summed E-state index contributed by atoms with van der Waals surface area (Å²) in [5.41, 5.74) is 3.27. The maximum absolute atomic E-state index is 9.21. The van der Waals surface area contributed by atoms with Crippen LogP contribution in [0.15, 0.2) is 46.2 Å². The van der Waals surface area contributed by atoms with Crippen molar-refractivity contribution in [3.05, 3.63) is 58.7 Å². The summed E-state index contributed by atoms with van der Waals surface area (Å²) in [5.74, 6) is 0. The molecule has 0 N–H and O–H groups in total. The number of nitrogens with zero attached hydrogens (tertiary/aromatic N) is 2. The van der Waals surface area contributed by atoms with Gasteiger partial charge < -0.3 is 0 Å². The van der Waals surface area contributed by atoms with E-state index < -0.39 is 0 Å². The highest BCUT2D eigenvalue weighted by atomic mass is 32.2. The highest BCUT2D eigenvalue weighted by Gasteiger charge is 2.10. The summed E-state index contributed by atoms with van der Waals surface area (Å²) in [6, 6.07) is 15.8. The molecule has 0 aliphatic heterocycles. The predicted octanol–water partition coefficient (Wildman–Crippen LogP) is 4.20. The van der Waals surface area contributed by atoms with Gasteiger partial charge in [-0.2, -0.15) is 10.5 Å². The minimum Gasteiger partial charge on any atom is -0.192 e. The zero-order valence-electron chi connectivity index (χ0n) is 10.8. The molecule has 19 heavy (non-hydrogen) atoms. The van der Waals surface area contributed by atoms with Crippen molar-refractivity contribution in [3.8, 4) is 12.1 Å². The van der Waals surface area contributed by atoms with E-state index in [-0.39, 0.29) is 0 Å². The van der Waals surface area contributed by atoms with Crippen molar-refractivity contribution in [2.75, 3.05) is 0 Å². The fourth-order valence-electron chi connectivity index (χ4n) is 1.86. The Kier molecular flexibility index (Phi) is 3.90. The topological polar surface area (TPSA) is 47.6 Å². The molecule has 0 spiro atoms. The fourth-order valence-corrected chi connectivity index (χ4v) is 2.85. The molecule has 0 aliphatic rings. The van der Waals surface area contributed by atoms with Gasteiger partial charge in [0.1, 0.15) is 12.1 Å². The fraction of sp³-hybridized carbons (Fsp3) is 0.125. The van der Waals surface area contributed by atoms with Crippen LogP contribution in [-0.4, -0.2) is 0 Å². The van der Waals surface area contributed by atoms with Gasteiger partial charge in [0.25, 0.3) is 0 Å². The third kappa shape index (κ3) is 2.78. The Morgan fingerprint density at radius 3 is 2.37 bits per heavy atom. The van der Waals surface area contributed by atoms with Crippen molar-refractivity contribution in [3.63, 3.8) is 0 Å². The molecule has 2 nitrogen and oxygen atoms in total. The maximum Gasteiger partial charge on any atom is 0.102 e. The van der Waals surface area contributed by atoms with Gasteiger partial charge >= 0.3 is 0 Å². The second-order valence-electron chi connectivity index (χ2n) is 4.27. The predicted molar refractivity (Wildman–Crippen MR) is 75.9 cm³/mol. The Bertz CT molecular complexity index is 706. The Morgan fingerprint density at radius 1 is 0.947 bits per heavy atom. The lowest BCUT2D eigenvalue weighted by Gasteiger charge is -2.08. The summed E-state index contributed by atoms with van der Waals surface area (Å²) in [6.07, 6.45) is 0. The quantitative estimate of drug-likeness (QED) is 0.816. The van der Waals surface area contributed by atoms with Gasteiger partial charge in [-0.1, -0.05) is 35.5 Å². The van der Waals surface area contributed by atoms with Crippen molar-refractivity contribution >= 4 is 11.8 Å². The van der Waals surface area contributed by atoms with Crippen LogP contribution in [0.1, 0.15) is 22.3 Å². The van der Waals surface area contributed by atoms with Crippen molar-refractivity contribution in [2.45, 2.75) is 23.6 Å². The van der Waals surface area contributed by atoms with E-state index in [1.54, 1.807) is 6.07 Å². The van der Waals surface area contributed by atoms with Gasteiger partial charge in [0, 0.05) is 9.79 Å². The van der Waals surface area contributed by atoms with E-state index in [0.29, 0.717) is 11.1 Å². The number of rotatable bonds is 2. The van der Waals surface area contributed by atoms with Crippen molar-refractivity contribution in [1.82, 2.24) is 0 Å². The monoisotopic (exact) mass is 264 g/mol. The normalized spacial score (nSPS) is 9.68. The van der Waals surface area contributed by atoms with Gasteiger partial charge in [-0.05, 0) is 37.6 Å². The molecule has 0 heterocycles. The summed E-state index contributed by atoms with van der Waals surface area (Å²) in [5, 5.41) is 18.2. The third-order valence-corrected chi connectivity index (χ3v) is 4.05. The Morgan fingerprint density at radius 2 is 1.74 bits per heavy atom. The van der Waals surface area contributed by atoms with E-state index in [9.17, 15) is 5.26 Å². The van der Waals surface area contributed by atoms with Crippen molar-refractivity contribution in [2.24, 2.45) is 0 Å². The number of hydrogen-bond donors (Lipinski definition) is 0. The number of hydrogen-bond acceptors (Lipinski definition) is 3. The standard InChI is InChI=1S/C16H12N2S/c1-11-6-7-15(12(2)8-11)19-16-5-3-4-13(9-17)14(16)10-18/h3-8H,1-2H3. The zero-order valence-corrected chi connectivity index (χ0v) is 11.6. The lowest BCUT2D eigenvalue weighted by molar-refractivity contribution is 1.25. The number of nitriles is 2. The molecule has 0 bridgehead atoms. The van der Waals surface area contributed by atoms with Gasteiger partial charge in [0.2, 0.25) is 0 Å². The second-order valence-corrected chi connectivity index (χ2v) is 5.36. The van der Waals surface area contributed by atoms with Crippen LogP contribution in [0.25, 0.3) is 0 Å². The van der Waals surface area contributed by atoms with E-state index in [1.165, 1.54) is 22.9 Å². The molecule has 92 valence electrons. The van der Waals surface area contributed by atoms with Crippen LogP contribution in [0.2, 0.25) is 0 Å². The summed E-state index contributed by atoms with van der Waals surface area (Å²) in [4.78, 5) is 1.94. The third-order valence-electron chi connectivity index (χ3n) is 2.81. The van der Waals surface area contributed by atoms with Crippen LogP contribution >= 0.6 is 11.8 Å². The Labute approximate surface area is 117 Å². The molecule has 0 atom stereocenters. The number of benzene rings is 2. The van der Waals surface area contributed by atoms with Crippen LogP contribution in [0.5, 0.6) is 0 Å². The molecule has 3 heteroatoms. The average molecular weight is 264 g/mol. The molecule has 2 rings (SSSR count). The van der Waals surface area contributed by atoms with E-state index in [2.05, 4.69) is 44.2 Å². The van der Waals surface area contributed by atoms with Crippen LogP contribution in [0.4, 0.5) is 0 Å². The molecule has 0 fully saturated rings. The first kappa shape index (κ1) is 13.2. The Balaban J connectivity index is 2.45. The van der Waals surface area contributed by atoms with Crippen molar-refractivity contribution in [1.29, 1.82) is 10.5 Å².